The second-order valence-electron chi connectivity index (χ2n) is 6.19. The molecule has 2 N–H and O–H groups in total. The lowest BCUT2D eigenvalue weighted by Crippen LogP contribution is -2.43. The first-order chi connectivity index (χ1) is 9.36. The number of hydrogen-bond donors (Lipinski definition) is 2. The van der Waals surface area contributed by atoms with E-state index in [9.17, 15) is 9.59 Å². The number of carbonyl (C=O) groups is 2. The first-order valence-corrected chi connectivity index (χ1v) is 6.96. The largest absolute Gasteiger partial charge is 0.480 e. The van der Waals surface area contributed by atoms with E-state index in [1.54, 1.807) is 0 Å². The summed E-state index contributed by atoms with van der Waals surface area (Å²) in [7, 11) is 0. The third kappa shape index (κ3) is 3.18. The van der Waals surface area contributed by atoms with E-state index in [0.717, 1.165) is 0 Å². The van der Waals surface area contributed by atoms with E-state index in [-0.39, 0.29) is 11.3 Å². The van der Waals surface area contributed by atoms with Crippen molar-refractivity contribution in [1.29, 1.82) is 0 Å². The average Bonchev–Trinajstić information content (AvgIpc) is 3.19. The van der Waals surface area contributed by atoms with Crippen LogP contribution in [0.15, 0.2) is 30.3 Å². The van der Waals surface area contributed by atoms with Crippen molar-refractivity contribution in [2.75, 3.05) is 0 Å². The van der Waals surface area contributed by atoms with Crippen LogP contribution in [0.4, 0.5) is 0 Å². The monoisotopic (exact) mass is 275 g/mol. The van der Waals surface area contributed by atoms with Gasteiger partial charge in [0, 0.05) is 6.42 Å². The summed E-state index contributed by atoms with van der Waals surface area (Å²) in [6, 6.07) is 10.0. The van der Waals surface area contributed by atoms with Gasteiger partial charge in [-0.2, -0.15) is 0 Å². The minimum absolute atomic E-state index is 0.0987. The molecule has 20 heavy (non-hydrogen) atoms. The molecule has 0 aromatic heterocycles. The average molecular weight is 275 g/mol. The van der Waals surface area contributed by atoms with Crippen LogP contribution in [-0.4, -0.2) is 22.5 Å². The predicted molar refractivity (Wildman–Crippen MR) is 76.4 cm³/mol. The highest BCUT2D eigenvalue weighted by atomic mass is 16.4. The maximum atomic E-state index is 11.9. The second kappa shape index (κ2) is 5.27. The van der Waals surface area contributed by atoms with Crippen molar-refractivity contribution in [2.24, 2.45) is 0 Å². The van der Waals surface area contributed by atoms with Crippen molar-refractivity contribution in [3.8, 4) is 0 Å². The zero-order valence-corrected chi connectivity index (χ0v) is 12.0. The van der Waals surface area contributed by atoms with E-state index in [4.69, 9.17) is 5.11 Å². The molecule has 1 aromatic rings. The molecule has 0 bridgehead atoms. The van der Waals surface area contributed by atoms with E-state index in [1.807, 2.05) is 18.2 Å². The Morgan fingerprint density at radius 2 is 1.85 bits per heavy atom. The van der Waals surface area contributed by atoms with Gasteiger partial charge in [0.25, 0.3) is 0 Å². The van der Waals surface area contributed by atoms with Gasteiger partial charge in [-0.15, -0.1) is 0 Å². The molecule has 1 fully saturated rings. The quantitative estimate of drug-likeness (QED) is 0.838. The summed E-state index contributed by atoms with van der Waals surface area (Å²) in [5.74, 6) is -1.10. The Morgan fingerprint density at radius 3 is 2.35 bits per heavy atom. The van der Waals surface area contributed by atoms with Gasteiger partial charge >= 0.3 is 5.97 Å². The Morgan fingerprint density at radius 1 is 1.25 bits per heavy atom. The van der Waals surface area contributed by atoms with Crippen LogP contribution >= 0.6 is 0 Å². The lowest BCUT2D eigenvalue weighted by Gasteiger charge is -2.25. The van der Waals surface area contributed by atoms with Gasteiger partial charge in [-0.05, 0) is 30.2 Å². The van der Waals surface area contributed by atoms with Crippen molar-refractivity contribution >= 4 is 11.9 Å². The fourth-order valence-corrected chi connectivity index (χ4v) is 2.31. The van der Waals surface area contributed by atoms with Gasteiger partial charge in [-0.25, -0.2) is 4.79 Å². The fraction of sp³-hybridized carbons (Fsp3) is 0.500. The van der Waals surface area contributed by atoms with Gasteiger partial charge in [0.1, 0.15) is 5.54 Å². The number of hydrogen-bond acceptors (Lipinski definition) is 2. The van der Waals surface area contributed by atoms with E-state index >= 15 is 0 Å². The minimum atomic E-state index is -0.978. The molecule has 0 radical (unpaired) electrons. The molecule has 0 saturated heterocycles. The summed E-state index contributed by atoms with van der Waals surface area (Å²) in [6.45, 7) is 4.19. The van der Waals surface area contributed by atoms with Gasteiger partial charge in [0.15, 0.2) is 0 Å². The standard InChI is InChI=1S/C16H21NO3/c1-15(2,12-6-4-3-5-7-12)9-8-13(18)17-16(10-11-16)14(19)20/h3-7H,8-11H2,1-2H3,(H,17,18)(H,19,20). The molecule has 1 aliphatic carbocycles. The second-order valence-corrected chi connectivity index (χ2v) is 6.19. The van der Waals surface area contributed by atoms with Crippen molar-refractivity contribution in [3.63, 3.8) is 0 Å². The number of carbonyl (C=O) groups excluding carboxylic acids is 1. The van der Waals surface area contributed by atoms with E-state index in [2.05, 4.69) is 31.3 Å². The zero-order chi connectivity index (χ0) is 14.8. The molecule has 0 aliphatic heterocycles. The number of aliphatic carboxylic acids is 1. The fourth-order valence-electron chi connectivity index (χ4n) is 2.31. The van der Waals surface area contributed by atoms with Crippen molar-refractivity contribution in [1.82, 2.24) is 5.32 Å². The number of nitrogens with one attached hydrogen (secondary N) is 1. The lowest BCUT2D eigenvalue weighted by molar-refractivity contribution is -0.143. The highest BCUT2D eigenvalue weighted by Gasteiger charge is 2.51. The van der Waals surface area contributed by atoms with E-state index < -0.39 is 11.5 Å². The smallest absolute Gasteiger partial charge is 0.329 e. The maximum absolute atomic E-state index is 11.9. The van der Waals surface area contributed by atoms with Gasteiger partial charge in [0.2, 0.25) is 5.91 Å². The zero-order valence-electron chi connectivity index (χ0n) is 12.0. The molecular formula is C16H21NO3. The normalized spacial score (nSPS) is 16.5. The van der Waals surface area contributed by atoms with Crippen LogP contribution in [0.25, 0.3) is 0 Å². The van der Waals surface area contributed by atoms with Crippen LogP contribution in [0.2, 0.25) is 0 Å². The third-order valence-corrected chi connectivity index (χ3v) is 4.07. The number of rotatable bonds is 6. The molecule has 1 saturated carbocycles. The molecule has 2 rings (SSSR count). The summed E-state index contributed by atoms with van der Waals surface area (Å²) < 4.78 is 0. The molecule has 0 atom stereocenters. The molecule has 108 valence electrons. The van der Waals surface area contributed by atoms with Gasteiger partial charge < -0.3 is 10.4 Å². The number of carboxylic acid groups (broad SMARTS) is 1. The van der Waals surface area contributed by atoms with Gasteiger partial charge in [-0.1, -0.05) is 44.2 Å². The van der Waals surface area contributed by atoms with E-state index in [0.29, 0.717) is 25.7 Å². The summed E-state index contributed by atoms with van der Waals surface area (Å²) in [6.07, 6.45) is 2.11. The van der Waals surface area contributed by atoms with Crippen LogP contribution in [0.5, 0.6) is 0 Å². The summed E-state index contributed by atoms with van der Waals surface area (Å²) in [5.41, 5.74) is 0.110. The van der Waals surface area contributed by atoms with Crippen LogP contribution in [0.3, 0.4) is 0 Å². The Labute approximate surface area is 119 Å². The maximum Gasteiger partial charge on any atom is 0.329 e. The topological polar surface area (TPSA) is 66.4 Å². The molecule has 0 heterocycles. The Bertz CT molecular complexity index is 504. The molecule has 1 aromatic carbocycles. The lowest BCUT2D eigenvalue weighted by atomic mass is 9.80. The third-order valence-electron chi connectivity index (χ3n) is 4.07. The number of carboxylic acids is 1. The van der Waals surface area contributed by atoms with Crippen LogP contribution in [0.1, 0.15) is 45.1 Å². The molecular weight excluding hydrogens is 254 g/mol. The van der Waals surface area contributed by atoms with Crippen molar-refractivity contribution < 1.29 is 14.7 Å². The van der Waals surface area contributed by atoms with Crippen molar-refractivity contribution in [2.45, 2.75) is 50.5 Å². The van der Waals surface area contributed by atoms with Crippen LogP contribution in [0, 0.1) is 0 Å². The Kier molecular flexibility index (Phi) is 3.84. The first kappa shape index (κ1) is 14.6. The summed E-state index contributed by atoms with van der Waals surface area (Å²) in [5, 5.41) is 11.7. The molecule has 0 unspecified atom stereocenters. The molecule has 4 heteroatoms. The Balaban J connectivity index is 1.89. The Hall–Kier alpha value is -1.84. The highest BCUT2D eigenvalue weighted by Crippen LogP contribution is 2.36. The first-order valence-electron chi connectivity index (χ1n) is 6.96. The molecule has 1 aliphatic rings. The van der Waals surface area contributed by atoms with Crippen LogP contribution in [-0.2, 0) is 15.0 Å². The van der Waals surface area contributed by atoms with Gasteiger partial charge in [-0.3, -0.25) is 4.79 Å². The molecule has 1 amide bonds. The minimum Gasteiger partial charge on any atom is -0.480 e. The van der Waals surface area contributed by atoms with E-state index in [1.165, 1.54) is 5.56 Å². The number of amides is 1. The summed E-state index contributed by atoms with van der Waals surface area (Å²) >= 11 is 0. The van der Waals surface area contributed by atoms with Gasteiger partial charge in [0.05, 0.1) is 0 Å². The highest BCUT2D eigenvalue weighted by molar-refractivity contribution is 5.89. The molecule has 4 nitrogen and oxygen atoms in total. The van der Waals surface area contributed by atoms with Crippen LogP contribution < -0.4 is 5.32 Å². The molecule has 0 spiro atoms. The predicted octanol–water partition coefficient (Wildman–Crippen LogP) is 2.48. The number of benzene rings is 1. The SMILES string of the molecule is CC(C)(CCC(=O)NC1(C(=O)O)CC1)c1ccccc1. The summed E-state index contributed by atoms with van der Waals surface area (Å²) in [4.78, 5) is 22.9. The van der Waals surface area contributed by atoms with Crippen molar-refractivity contribution in [3.05, 3.63) is 35.9 Å².